The van der Waals surface area contributed by atoms with E-state index in [1.807, 2.05) is 6.92 Å². The zero-order chi connectivity index (χ0) is 31.8. The van der Waals surface area contributed by atoms with Gasteiger partial charge in [0.15, 0.2) is 0 Å². The maximum Gasteiger partial charge on any atom is 0.341 e. The van der Waals surface area contributed by atoms with E-state index in [1.165, 1.54) is 48.1 Å². The highest BCUT2D eigenvalue weighted by Gasteiger charge is 2.19. The van der Waals surface area contributed by atoms with E-state index >= 15 is 0 Å². The van der Waals surface area contributed by atoms with Crippen LogP contribution < -0.4 is 16.2 Å². The maximum atomic E-state index is 13.9. The Bertz CT molecular complexity index is 1740. The number of halogens is 5. The number of carbonyl (C=O) groups is 2. The summed E-state index contributed by atoms with van der Waals surface area (Å²) in [5.74, 6) is -2.76. The van der Waals surface area contributed by atoms with Crippen LogP contribution in [0.3, 0.4) is 0 Å². The molecule has 0 aliphatic carbocycles. The molecule has 0 aliphatic rings. The Morgan fingerprint density at radius 2 is 1.56 bits per heavy atom. The molecule has 0 fully saturated rings. The van der Waals surface area contributed by atoms with E-state index in [0.717, 1.165) is 6.20 Å². The van der Waals surface area contributed by atoms with E-state index in [2.05, 4.69) is 47.5 Å². The number of hydrogen-bond donors (Lipinski definition) is 3. The fourth-order valence-electron chi connectivity index (χ4n) is 3.72. The first-order chi connectivity index (χ1) is 20.4. The molecule has 3 N–H and O–H groups in total. The predicted molar refractivity (Wildman–Crippen MR) is 168 cm³/mol. The van der Waals surface area contributed by atoms with Gasteiger partial charge in [-0.1, -0.05) is 50.4 Å². The topological polar surface area (TPSA) is 123 Å². The summed E-state index contributed by atoms with van der Waals surface area (Å²) in [5, 5.41) is 15.0. The van der Waals surface area contributed by atoms with Crippen molar-refractivity contribution in [3.8, 4) is 0 Å². The molecule has 2 aromatic heterocycles. The fourth-order valence-corrected chi connectivity index (χ4v) is 4.67. The highest BCUT2D eigenvalue weighted by molar-refractivity contribution is 9.10. The van der Waals surface area contributed by atoms with Crippen LogP contribution in [0.2, 0.25) is 5.15 Å². The van der Waals surface area contributed by atoms with Crippen molar-refractivity contribution in [3.05, 3.63) is 108 Å². The summed E-state index contributed by atoms with van der Waals surface area (Å²) in [6.45, 7) is 3.70. The second-order valence-corrected chi connectivity index (χ2v) is 10.9. The van der Waals surface area contributed by atoms with Crippen LogP contribution in [0.15, 0.2) is 68.6 Å². The maximum absolute atomic E-state index is 13.9. The highest BCUT2D eigenvalue weighted by Crippen LogP contribution is 2.32. The van der Waals surface area contributed by atoms with Crippen molar-refractivity contribution in [2.24, 2.45) is 7.05 Å². The minimum absolute atomic E-state index is 0.0569. The van der Waals surface area contributed by atoms with Crippen molar-refractivity contribution in [1.29, 1.82) is 0 Å². The third-order valence-electron chi connectivity index (χ3n) is 5.83. The Balaban J connectivity index is 0.000000236. The van der Waals surface area contributed by atoms with Crippen LogP contribution in [0.1, 0.15) is 40.1 Å². The molecule has 4 rings (SSSR count). The van der Waals surface area contributed by atoms with Gasteiger partial charge in [0.2, 0.25) is 0 Å². The summed E-state index contributed by atoms with van der Waals surface area (Å²) in [6, 6.07) is 10.1. The van der Waals surface area contributed by atoms with E-state index in [4.69, 9.17) is 16.3 Å². The van der Waals surface area contributed by atoms with E-state index < -0.39 is 23.6 Å². The zero-order valence-electron chi connectivity index (χ0n) is 23.0. The number of aromatic carboxylic acids is 1. The second kappa shape index (κ2) is 15.1. The average Bonchev–Trinajstić information content (AvgIpc) is 2.94. The third kappa shape index (κ3) is 8.62. The number of ether oxygens (including phenoxy) is 1. The van der Waals surface area contributed by atoms with Gasteiger partial charge < -0.3 is 25.0 Å². The molecule has 226 valence electrons. The molecular weight excluding hydrogens is 718 g/mol. The summed E-state index contributed by atoms with van der Waals surface area (Å²) in [6.07, 6.45) is 2.98. The third-order valence-corrected chi connectivity index (χ3v) is 7.14. The molecule has 0 bridgehead atoms. The van der Waals surface area contributed by atoms with Gasteiger partial charge in [-0.3, -0.25) is 4.79 Å². The van der Waals surface area contributed by atoms with Crippen LogP contribution in [-0.2, 0) is 18.2 Å². The highest BCUT2D eigenvalue weighted by atomic mass is 79.9. The van der Waals surface area contributed by atoms with Crippen LogP contribution >= 0.6 is 43.5 Å². The van der Waals surface area contributed by atoms with Gasteiger partial charge in [0.05, 0.1) is 34.9 Å². The Morgan fingerprint density at radius 1 is 0.977 bits per heavy atom. The van der Waals surface area contributed by atoms with Crippen LogP contribution in [0.5, 0.6) is 0 Å². The number of carbonyl (C=O) groups excluding carboxylic acids is 1. The lowest BCUT2D eigenvalue weighted by atomic mass is 10.1. The molecule has 2 aromatic carbocycles. The Kier molecular flexibility index (Phi) is 11.8. The molecule has 43 heavy (non-hydrogen) atoms. The number of carboxylic acid groups (broad SMARTS) is 1. The molecule has 0 saturated heterocycles. The summed E-state index contributed by atoms with van der Waals surface area (Å²) in [7, 11) is 1.52. The number of esters is 1. The number of aryl methyl sites for hydroxylation is 1. The molecule has 14 heteroatoms. The number of pyridine rings is 2. The standard InChI is InChI=1S/C15H14BrFN2O3.C14H11BrClFN2O2/c1-3-22-15(21)10-8-19(2)14(20)7-13(10)18-12-5-4-9(16)6-11(12)17;1-2-8-12(9(14(20)21)6-18-13(8)16)19-11-4-3-7(15)5-10(11)17/h4-8,18H,3H2,1-2H3;3-6H,2H2,1H3,(H,18,19)(H,20,21). The van der Waals surface area contributed by atoms with Gasteiger partial charge in [-0.15, -0.1) is 0 Å². The van der Waals surface area contributed by atoms with Crippen molar-refractivity contribution in [3.63, 3.8) is 0 Å². The first-order valence-electron chi connectivity index (χ1n) is 12.6. The second-order valence-electron chi connectivity index (χ2n) is 8.74. The van der Waals surface area contributed by atoms with Gasteiger partial charge in [-0.25, -0.2) is 23.4 Å². The van der Waals surface area contributed by atoms with E-state index in [0.29, 0.717) is 20.9 Å². The SMILES string of the molecule is CCOC(=O)c1cn(C)c(=O)cc1Nc1ccc(Br)cc1F.CCc1c(Cl)ncc(C(=O)O)c1Nc1ccc(Br)cc1F. The molecule has 0 spiro atoms. The van der Waals surface area contributed by atoms with Crippen molar-refractivity contribution >= 4 is 78.1 Å². The van der Waals surface area contributed by atoms with Gasteiger partial charge in [-0.05, 0) is 49.7 Å². The monoisotopic (exact) mass is 740 g/mol. The molecule has 9 nitrogen and oxygen atoms in total. The van der Waals surface area contributed by atoms with E-state index in [1.54, 1.807) is 19.1 Å². The minimum Gasteiger partial charge on any atom is -0.478 e. The van der Waals surface area contributed by atoms with Crippen molar-refractivity contribution in [2.75, 3.05) is 17.2 Å². The smallest absolute Gasteiger partial charge is 0.341 e. The molecule has 0 saturated carbocycles. The molecule has 0 unspecified atom stereocenters. The van der Waals surface area contributed by atoms with Crippen LogP contribution in [0, 0.1) is 11.6 Å². The lowest BCUT2D eigenvalue weighted by molar-refractivity contribution is 0.0526. The number of carboxylic acids is 1. The Morgan fingerprint density at radius 3 is 2.07 bits per heavy atom. The summed E-state index contributed by atoms with van der Waals surface area (Å²) < 4.78 is 35.2. The average molecular weight is 743 g/mol. The molecule has 0 aliphatic heterocycles. The summed E-state index contributed by atoms with van der Waals surface area (Å²) in [5.41, 5.74) is 1.07. The molecule has 0 radical (unpaired) electrons. The molecule has 4 aromatic rings. The zero-order valence-corrected chi connectivity index (χ0v) is 26.9. The quantitative estimate of drug-likeness (QED) is 0.123. The number of rotatable bonds is 8. The Labute approximate surface area is 267 Å². The first-order valence-corrected chi connectivity index (χ1v) is 14.5. The number of nitrogens with one attached hydrogen (secondary N) is 2. The van der Waals surface area contributed by atoms with Crippen LogP contribution in [0.25, 0.3) is 0 Å². The van der Waals surface area contributed by atoms with Crippen LogP contribution in [0.4, 0.5) is 31.5 Å². The summed E-state index contributed by atoms with van der Waals surface area (Å²) in [4.78, 5) is 38.9. The number of benzene rings is 2. The van der Waals surface area contributed by atoms with Gasteiger partial charge in [-0.2, -0.15) is 0 Å². The normalized spacial score (nSPS) is 10.4. The lowest BCUT2D eigenvalue weighted by Crippen LogP contribution is -2.20. The van der Waals surface area contributed by atoms with E-state index in [9.17, 15) is 28.3 Å². The van der Waals surface area contributed by atoms with Crippen molar-refractivity contribution in [1.82, 2.24) is 9.55 Å². The largest absolute Gasteiger partial charge is 0.478 e. The van der Waals surface area contributed by atoms with Crippen LogP contribution in [-0.4, -0.2) is 33.2 Å². The lowest BCUT2D eigenvalue weighted by Gasteiger charge is -2.15. The number of anilines is 4. The molecular formula is C29H25Br2ClF2N4O5. The fraction of sp³-hybridized carbons (Fsp3) is 0.172. The Hall–Kier alpha value is -3.81. The number of aromatic nitrogens is 2. The van der Waals surface area contributed by atoms with Gasteiger partial charge in [0, 0.05) is 40.0 Å². The summed E-state index contributed by atoms with van der Waals surface area (Å²) >= 11 is 12.3. The number of nitrogens with zero attached hydrogens (tertiary/aromatic N) is 2. The van der Waals surface area contributed by atoms with Gasteiger partial charge in [0.1, 0.15) is 22.4 Å². The van der Waals surface area contributed by atoms with Crippen molar-refractivity contribution in [2.45, 2.75) is 20.3 Å². The van der Waals surface area contributed by atoms with Gasteiger partial charge in [0.25, 0.3) is 5.56 Å². The van der Waals surface area contributed by atoms with Crippen molar-refractivity contribution < 1.29 is 28.2 Å². The number of hydrogen-bond acceptors (Lipinski definition) is 7. The molecule has 0 atom stereocenters. The first kappa shape index (κ1) is 33.7. The molecule has 2 heterocycles. The predicted octanol–water partition coefficient (Wildman–Crippen LogP) is 7.85. The van der Waals surface area contributed by atoms with E-state index in [-0.39, 0.29) is 51.2 Å². The molecule has 0 amide bonds. The minimum atomic E-state index is -1.16. The van der Waals surface area contributed by atoms with Gasteiger partial charge >= 0.3 is 11.9 Å².